The van der Waals surface area contributed by atoms with Crippen LogP contribution in [0.1, 0.15) is 16.1 Å². The van der Waals surface area contributed by atoms with Gasteiger partial charge in [-0.25, -0.2) is 4.98 Å². The number of aromatic amines is 1. The Morgan fingerprint density at radius 3 is 2.62 bits per heavy atom. The number of nitrogen functional groups attached to an aromatic ring is 1. The van der Waals surface area contributed by atoms with E-state index in [4.69, 9.17) is 5.73 Å². The van der Waals surface area contributed by atoms with E-state index >= 15 is 0 Å². The lowest BCUT2D eigenvalue weighted by molar-refractivity contribution is 0.102. The van der Waals surface area contributed by atoms with Crippen molar-refractivity contribution in [2.45, 2.75) is 13.0 Å². The maximum atomic E-state index is 12.0. The second-order valence-electron chi connectivity index (χ2n) is 6.57. The smallest absolute Gasteiger partial charge is 0.258 e. The monoisotopic (exact) mass is 393 g/mol. The van der Waals surface area contributed by atoms with Gasteiger partial charge in [-0.15, -0.1) is 0 Å². The molecule has 1 saturated heterocycles. The highest BCUT2D eigenvalue weighted by atomic mass is 16.3. The largest absolute Gasteiger partial charge is 0.397 e. The molecule has 0 unspecified atom stereocenters. The Morgan fingerprint density at radius 1 is 1.34 bits per heavy atom. The minimum Gasteiger partial charge on any atom is -0.397 e. The lowest BCUT2D eigenvalue weighted by Crippen LogP contribution is -2.51. The van der Waals surface area contributed by atoms with Crippen LogP contribution in [0.2, 0.25) is 0 Å². The molecule has 2 aromatic heterocycles. The number of carbonyl (C=O) groups is 1. The molecule has 1 fully saturated rings. The topological polar surface area (TPSA) is 133 Å². The maximum absolute atomic E-state index is 12.0. The minimum atomic E-state index is -0.275. The van der Waals surface area contributed by atoms with Crippen LogP contribution in [0.25, 0.3) is 0 Å². The Morgan fingerprint density at radius 2 is 2.10 bits per heavy atom. The fraction of sp³-hybridized carbons (Fsp3) is 0.200. The summed E-state index contributed by atoms with van der Waals surface area (Å²) in [6, 6.07) is 12.6. The number of aromatic nitrogens is 3. The molecule has 0 atom stereocenters. The first-order valence-corrected chi connectivity index (χ1v) is 9.00. The summed E-state index contributed by atoms with van der Waals surface area (Å²) in [7, 11) is 0. The molecule has 1 aliphatic heterocycles. The van der Waals surface area contributed by atoms with Crippen LogP contribution in [0.4, 0.5) is 23.0 Å². The van der Waals surface area contributed by atoms with Gasteiger partial charge in [-0.3, -0.25) is 14.9 Å². The highest BCUT2D eigenvalue weighted by molar-refractivity contribution is 6.03. The molecule has 1 aromatic carbocycles. The maximum Gasteiger partial charge on any atom is 0.258 e. The summed E-state index contributed by atoms with van der Waals surface area (Å²) in [4.78, 5) is 21.9. The molecule has 29 heavy (non-hydrogen) atoms. The van der Waals surface area contributed by atoms with Gasteiger partial charge in [0.1, 0.15) is 5.82 Å². The summed E-state index contributed by atoms with van der Waals surface area (Å²) < 4.78 is 0. The molecule has 3 aromatic rings. The van der Waals surface area contributed by atoms with E-state index in [1.165, 1.54) is 6.20 Å². The van der Waals surface area contributed by atoms with Gasteiger partial charge in [0.25, 0.3) is 5.91 Å². The molecule has 5 N–H and O–H groups in total. The van der Waals surface area contributed by atoms with Gasteiger partial charge in [-0.1, -0.05) is 12.1 Å². The number of aliphatic imine (C=N–C) groups is 1. The first kappa shape index (κ1) is 20.0. The molecule has 0 saturated carbocycles. The van der Waals surface area contributed by atoms with E-state index in [-0.39, 0.29) is 12.0 Å². The third kappa shape index (κ3) is 5.17. The van der Waals surface area contributed by atoms with Crippen LogP contribution >= 0.6 is 0 Å². The highest BCUT2D eigenvalue weighted by Crippen LogP contribution is 2.19. The van der Waals surface area contributed by atoms with Crippen molar-refractivity contribution in [2.24, 2.45) is 4.99 Å². The van der Waals surface area contributed by atoms with Crippen LogP contribution in [-0.2, 0) is 0 Å². The van der Waals surface area contributed by atoms with E-state index in [1.807, 2.05) is 30.0 Å². The third-order valence-corrected chi connectivity index (χ3v) is 4.25. The highest BCUT2D eigenvalue weighted by Gasteiger charge is 2.25. The van der Waals surface area contributed by atoms with E-state index in [2.05, 4.69) is 32.2 Å². The van der Waals surface area contributed by atoms with Gasteiger partial charge in [0, 0.05) is 31.0 Å². The lowest BCUT2D eigenvalue weighted by atomic mass is 10.1. The third-order valence-electron chi connectivity index (χ3n) is 4.25. The Kier molecular flexibility index (Phi) is 6.20. The second-order valence-corrected chi connectivity index (χ2v) is 6.57. The van der Waals surface area contributed by atoms with Gasteiger partial charge in [-0.2, -0.15) is 5.10 Å². The minimum absolute atomic E-state index is 0.251. The number of carbonyl (C=O) groups excluding carboxylic acids is 1. The number of hydrogen-bond donors (Lipinski definition) is 4. The Balaban J connectivity index is 0.000000224. The molecule has 3 heterocycles. The van der Waals surface area contributed by atoms with Crippen molar-refractivity contribution in [2.75, 3.05) is 29.0 Å². The standard InChI is InChI=1S/C13H15N5O2.C7H8N2/c1-8-4-11(17-16-8)15-13(20)9-2-3-12(14-5-9)18-6-10(19)7-18;1-9-7-5-3-2-4-6(7)8/h2-5,10,19H,6-7H2,1H3,(H2,15,16,17,20);2-5H,1,8H2. The number of amides is 1. The van der Waals surface area contributed by atoms with Crippen LogP contribution in [0.15, 0.2) is 53.7 Å². The zero-order valence-corrected chi connectivity index (χ0v) is 16.0. The predicted molar refractivity (Wildman–Crippen MR) is 114 cm³/mol. The van der Waals surface area contributed by atoms with E-state index in [0.29, 0.717) is 30.2 Å². The molecular formula is C20H23N7O2. The summed E-state index contributed by atoms with van der Waals surface area (Å²) in [6.45, 7) is 6.40. The molecule has 1 aliphatic rings. The van der Waals surface area contributed by atoms with Crippen molar-refractivity contribution in [3.63, 3.8) is 0 Å². The summed E-state index contributed by atoms with van der Waals surface area (Å²) in [5.41, 5.74) is 8.27. The van der Waals surface area contributed by atoms with Crippen molar-refractivity contribution in [3.05, 3.63) is 59.9 Å². The van der Waals surface area contributed by atoms with Gasteiger partial charge < -0.3 is 21.1 Å². The number of benzene rings is 1. The summed E-state index contributed by atoms with van der Waals surface area (Å²) in [5, 5.41) is 18.6. The number of nitrogens with zero attached hydrogens (tertiary/aromatic N) is 4. The summed E-state index contributed by atoms with van der Waals surface area (Å²) in [6.07, 6.45) is 1.25. The SMILES string of the molecule is C=Nc1ccccc1N.Cc1cc(NC(=O)c2ccc(N3CC(O)C3)nc2)n[nH]1. The number of para-hydroxylation sites is 2. The number of pyridine rings is 1. The Hall–Kier alpha value is -3.72. The molecule has 0 bridgehead atoms. The van der Waals surface area contributed by atoms with Gasteiger partial charge in [0.05, 0.1) is 23.0 Å². The number of aliphatic hydroxyl groups excluding tert-OH is 1. The number of anilines is 3. The zero-order chi connectivity index (χ0) is 20.8. The number of nitrogens with one attached hydrogen (secondary N) is 2. The fourth-order valence-corrected chi connectivity index (χ4v) is 2.65. The Labute approximate surface area is 168 Å². The van der Waals surface area contributed by atoms with Gasteiger partial charge in [-0.05, 0) is 37.9 Å². The van der Waals surface area contributed by atoms with E-state index < -0.39 is 0 Å². The van der Waals surface area contributed by atoms with E-state index in [1.54, 1.807) is 24.3 Å². The number of nitrogens with two attached hydrogens (primary N) is 1. The van der Waals surface area contributed by atoms with Crippen molar-refractivity contribution >= 4 is 35.6 Å². The number of aryl methyl sites for hydroxylation is 1. The fourth-order valence-electron chi connectivity index (χ4n) is 2.65. The van der Waals surface area contributed by atoms with Crippen molar-refractivity contribution in [3.8, 4) is 0 Å². The molecule has 0 aliphatic carbocycles. The number of β-amino-alcohol motifs (C(OH)–C–C–N with tert-alkyl or cyclic N) is 1. The number of rotatable bonds is 4. The number of H-pyrrole nitrogens is 1. The first-order valence-electron chi connectivity index (χ1n) is 9.00. The molecule has 0 spiro atoms. The van der Waals surface area contributed by atoms with Gasteiger partial charge >= 0.3 is 0 Å². The quantitative estimate of drug-likeness (QED) is 0.397. The first-order chi connectivity index (χ1) is 14.0. The molecule has 4 rings (SSSR count). The molecule has 1 amide bonds. The van der Waals surface area contributed by atoms with Crippen molar-refractivity contribution in [1.82, 2.24) is 15.2 Å². The van der Waals surface area contributed by atoms with E-state index in [9.17, 15) is 9.90 Å². The summed E-state index contributed by atoms with van der Waals surface area (Å²) >= 11 is 0. The molecule has 150 valence electrons. The molecule has 0 radical (unpaired) electrons. The molecular weight excluding hydrogens is 370 g/mol. The normalized spacial score (nSPS) is 13.1. The van der Waals surface area contributed by atoms with Gasteiger partial charge in [0.15, 0.2) is 5.82 Å². The van der Waals surface area contributed by atoms with Crippen LogP contribution < -0.4 is 16.0 Å². The average Bonchev–Trinajstić information content (AvgIpc) is 3.11. The Bertz CT molecular complexity index is 979. The van der Waals surface area contributed by atoms with Crippen LogP contribution in [0.5, 0.6) is 0 Å². The van der Waals surface area contributed by atoms with Crippen molar-refractivity contribution in [1.29, 1.82) is 0 Å². The van der Waals surface area contributed by atoms with Crippen LogP contribution in [0.3, 0.4) is 0 Å². The van der Waals surface area contributed by atoms with Crippen LogP contribution in [-0.4, -0.2) is 52.1 Å². The number of aliphatic hydroxyl groups is 1. The average molecular weight is 393 g/mol. The lowest BCUT2D eigenvalue weighted by Gasteiger charge is -2.36. The van der Waals surface area contributed by atoms with Crippen LogP contribution in [0, 0.1) is 6.92 Å². The number of hydrogen-bond acceptors (Lipinski definition) is 7. The predicted octanol–water partition coefficient (Wildman–Crippen LogP) is 2.15. The van der Waals surface area contributed by atoms with Gasteiger partial charge in [0.2, 0.25) is 0 Å². The molecule has 9 nitrogen and oxygen atoms in total. The molecule has 9 heteroatoms. The summed E-state index contributed by atoms with van der Waals surface area (Å²) in [5.74, 6) is 1.00. The van der Waals surface area contributed by atoms with Crippen molar-refractivity contribution < 1.29 is 9.90 Å². The second kappa shape index (κ2) is 8.98. The zero-order valence-electron chi connectivity index (χ0n) is 16.0. The van der Waals surface area contributed by atoms with E-state index in [0.717, 1.165) is 17.2 Å².